The van der Waals surface area contributed by atoms with E-state index in [1.807, 2.05) is 13.0 Å². The van der Waals surface area contributed by atoms with Gasteiger partial charge < -0.3 is 10.5 Å². The Labute approximate surface area is 161 Å². The molecule has 1 aromatic heterocycles. The molecule has 0 radical (unpaired) electrons. The van der Waals surface area contributed by atoms with Gasteiger partial charge in [0.1, 0.15) is 29.2 Å². The maximum atomic E-state index is 14.8. The zero-order valence-electron chi connectivity index (χ0n) is 15.4. The predicted molar refractivity (Wildman–Crippen MR) is 100.0 cm³/mol. The van der Waals surface area contributed by atoms with Gasteiger partial charge in [0.15, 0.2) is 5.78 Å². The van der Waals surface area contributed by atoms with Gasteiger partial charge in [-0.25, -0.2) is 9.38 Å². The summed E-state index contributed by atoms with van der Waals surface area (Å²) in [6.45, 7) is 1.95. The van der Waals surface area contributed by atoms with Crippen molar-refractivity contribution in [1.82, 2.24) is 4.98 Å². The van der Waals surface area contributed by atoms with Crippen LogP contribution in [-0.4, -0.2) is 22.9 Å². The molecule has 0 amide bonds. The van der Waals surface area contributed by atoms with Crippen molar-refractivity contribution in [2.45, 2.75) is 37.8 Å². The molecule has 2 aromatic rings. The largest absolute Gasteiger partial charge is 0.462 e. The average Bonchev–Trinajstić information content (AvgIpc) is 3.48. The van der Waals surface area contributed by atoms with Crippen molar-refractivity contribution < 1.29 is 13.9 Å². The van der Waals surface area contributed by atoms with Crippen molar-refractivity contribution in [2.24, 2.45) is 16.6 Å². The molecule has 0 saturated heterocycles. The summed E-state index contributed by atoms with van der Waals surface area (Å²) in [5, 5.41) is 8.83. The van der Waals surface area contributed by atoms with E-state index in [2.05, 4.69) is 9.98 Å². The number of amidine groups is 1. The minimum absolute atomic E-state index is 0.0232. The topological polar surface area (TPSA) is 101 Å². The first-order valence-corrected chi connectivity index (χ1v) is 9.17. The van der Waals surface area contributed by atoms with Crippen LogP contribution in [0.15, 0.2) is 41.5 Å². The number of carbonyl (C=O) groups is 1. The number of nitrogens with two attached hydrogens (primary N) is 1. The van der Waals surface area contributed by atoms with E-state index in [1.54, 1.807) is 18.2 Å². The van der Waals surface area contributed by atoms with Gasteiger partial charge in [-0.05, 0) is 42.7 Å². The van der Waals surface area contributed by atoms with Gasteiger partial charge in [0.25, 0.3) is 6.02 Å². The molecule has 2 heterocycles. The van der Waals surface area contributed by atoms with Gasteiger partial charge in [-0.2, -0.15) is 5.26 Å². The van der Waals surface area contributed by atoms with Crippen molar-refractivity contribution in [2.75, 3.05) is 0 Å². The Bertz CT molecular complexity index is 1010. The lowest BCUT2D eigenvalue weighted by Gasteiger charge is -2.33. The molecular weight excluding hydrogens is 359 g/mol. The molecule has 3 atom stereocenters. The van der Waals surface area contributed by atoms with Gasteiger partial charge in [-0.15, -0.1) is 0 Å². The first-order chi connectivity index (χ1) is 13.5. The van der Waals surface area contributed by atoms with Crippen LogP contribution in [0.1, 0.15) is 46.9 Å². The van der Waals surface area contributed by atoms with Crippen molar-refractivity contribution in [1.29, 1.82) is 5.26 Å². The number of aromatic nitrogens is 1. The van der Waals surface area contributed by atoms with Gasteiger partial charge >= 0.3 is 0 Å². The number of hydrogen-bond donors (Lipinski definition) is 1. The Morgan fingerprint density at radius 3 is 2.93 bits per heavy atom. The first kappa shape index (κ1) is 18.1. The third-order valence-corrected chi connectivity index (χ3v) is 5.51. The van der Waals surface area contributed by atoms with Crippen LogP contribution in [0.2, 0.25) is 0 Å². The summed E-state index contributed by atoms with van der Waals surface area (Å²) in [6, 6.07) is 9.81. The highest BCUT2D eigenvalue weighted by Gasteiger charge is 2.58. The number of ether oxygens (including phenoxy) is 1. The second kappa shape index (κ2) is 6.71. The minimum atomic E-state index is -0.761. The SMILES string of the molecule is CC[C@]1(c2cc(CC(=O)c3ccc(C#N)cn3)ccc2F)N=C(N)O[C@@H]2C[C@@H]21. The van der Waals surface area contributed by atoms with Crippen LogP contribution in [-0.2, 0) is 16.7 Å². The van der Waals surface area contributed by atoms with E-state index >= 15 is 0 Å². The summed E-state index contributed by atoms with van der Waals surface area (Å²) in [6.07, 6.45) is 2.79. The Hall–Kier alpha value is -3.27. The van der Waals surface area contributed by atoms with Crippen LogP contribution in [0.5, 0.6) is 0 Å². The Morgan fingerprint density at radius 2 is 2.25 bits per heavy atom. The van der Waals surface area contributed by atoms with Crippen LogP contribution in [0.3, 0.4) is 0 Å². The summed E-state index contributed by atoms with van der Waals surface area (Å²) < 4.78 is 20.2. The number of fused-ring (bicyclic) bond motifs is 1. The van der Waals surface area contributed by atoms with Crippen molar-refractivity contribution in [3.8, 4) is 6.07 Å². The highest BCUT2D eigenvalue weighted by molar-refractivity contribution is 5.95. The summed E-state index contributed by atoms with van der Waals surface area (Å²) in [5.41, 5.74) is 6.85. The highest BCUT2D eigenvalue weighted by Crippen LogP contribution is 2.55. The second-order valence-electron chi connectivity index (χ2n) is 7.18. The van der Waals surface area contributed by atoms with Gasteiger partial charge in [0.05, 0.1) is 5.56 Å². The molecule has 7 heteroatoms. The predicted octanol–water partition coefficient (Wildman–Crippen LogP) is 2.86. The number of nitrogens with zero attached hydrogens (tertiary/aromatic N) is 3. The molecule has 1 saturated carbocycles. The van der Waals surface area contributed by atoms with Crippen LogP contribution in [0.4, 0.5) is 4.39 Å². The van der Waals surface area contributed by atoms with E-state index < -0.39 is 5.54 Å². The maximum Gasteiger partial charge on any atom is 0.283 e. The second-order valence-corrected chi connectivity index (χ2v) is 7.18. The van der Waals surface area contributed by atoms with Crippen molar-refractivity contribution >= 4 is 11.8 Å². The standard InChI is InChI=1S/C21H19FN4O2/c1-2-21(15-9-19(15)28-20(24)26-21)14-7-12(3-5-16(14)22)8-18(27)17-6-4-13(10-23)11-25-17/h3-7,11,15,19H,2,8-9H2,1H3,(H2,24,26)/t15-,19+,21+/m0/s1. The number of Topliss-reactive ketones (excluding diaryl/α,β-unsaturated/α-hetero) is 1. The Morgan fingerprint density at radius 1 is 1.43 bits per heavy atom. The lowest BCUT2D eigenvalue weighted by molar-refractivity contribution is 0.0988. The summed E-state index contributed by atoms with van der Waals surface area (Å²) in [5.74, 6) is -0.476. The normalized spacial score (nSPS) is 25.1. The molecular formula is C21H19FN4O2. The molecule has 0 unspecified atom stereocenters. The number of benzene rings is 1. The van der Waals surface area contributed by atoms with Gasteiger partial charge in [-0.3, -0.25) is 9.78 Å². The molecule has 0 spiro atoms. The van der Waals surface area contributed by atoms with Crippen LogP contribution < -0.4 is 5.73 Å². The van der Waals surface area contributed by atoms with Gasteiger partial charge in [0, 0.05) is 24.1 Å². The molecule has 1 aromatic carbocycles. The molecule has 1 aliphatic heterocycles. The third-order valence-electron chi connectivity index (χ3n) is 5.51. The zero-order chi connectivity index (χ0) is 19.9. The molecule has 4 rings (SSSR count). The monoisotopic (exact) mass is 378 g/mol. The van der Waals surface area contributed by atoms with Gasteiger partial charge in [-0.1, -0.05) is 13.0 Å². The van der Waals surface area contributed by atoms with Crippen LogP contribution in [0, 0.1) is 23.1 Å². The van der Waals surface area contributed by atoms with Crippen molar-refractivity contribution in [3.63, 3.8) is 0 Å². The zero-order valence-corrected chi connectivity index (χ0v) is 15.4. The van der Waals surface area contributed by atoms with E-state index in [4.69, 9.17) is 15.7 Å². The van der Waals surface area contributed by atoms with Crippen molar-refractivity contribution in [3.05, 3.63) is 64.7 Å². The molecule has 1 fully saturated rings. The van der Waals surface area contributed by atoms with Crippen LogP contribution >= 0.6 is 0 Å². The number of pyridine rings is 1. The number of aliphatic imine (C=N–C) groups is 1. The lowest BCUT2D eigenvalue weighted by Crippen LogP contribution is -2.37. The lowest BCUT2D eigenvalue weighted by atomic mass is 9.81. The highest BCUT2D eigenvalue weighted by atomic mass is 19.1. The molecule has 1 aliphatic carbocycles. The first-order valence-electron chi connectivity index (χ1n) is 9.17. The average molecular weight is 378 g/mol. The fourth-order valence-electron chi connectivity index (χ4n) is 3.97. The van der Waals surface area contributed by atoms with E-state index in [9.17, 15) is 9.18 Å². The van der Waals surface area contributed by atoms with E-state index in [-0.39, 0.29) is 41.8 Å². The smallest absolute Gasteiger partial charge is 0.283 e. The quantitative estimate of drug-likeness (QED) is 0.806. The van der Waals surface area contributed by atoms with E-state index in [0.29, 0.717) is 23.1 Å². The molecule has 0 bridgehead atoms. The number of nitriles is 1. The number of hydrogen-bond acceptors (Lipinski definition) is 6. The molecule has 2 aliphatic rings. The third kappa shape index (κ3) is 3.01. The molecule has 142 valence electrons. The fourth-order valence-corrected chi connectivity index (χ4v) is 3.97. The summed E-state index contributed by atoms with van der Waals surface area (Å²) in [7, 11) is 0. The number of ketones is 1. The fraction of sp³-hybridized carbons (Fsp3) is 0.333. The van der Waals surface area contributed by atoms with E-state index in [1.165, 1.54) is 18.3 Å². The summed E-state index contributed by atoms with van der Waals surface area (Å²) >= 11 is 0. The molecule has 6 nitrogen and oxygen atoms in total. The number of halogens is 1. The summed E-state index contributed by atoms with van der Waals surface area (Å²) in [4.78, 5) is 21.1. The maximum absolute atomic E-state index is 14.8. The Kier molecular flexibility index (Phi) is 4.34. The van der Waals surface area contributed by atoms with Crippen LogP contribution in [0.25, 0.3) is 0 Å². The molecule has 2 N–H and O–H groups in total. The van der Waals surface area contributed by atoms with E-state index in [0.717, 1.165) is 6.42 Å². The van der Waals surface area contributed by atoms with Gasteiger partial charge in [0.2, 0.25) is 0 Å². The number of rotatable bonds is 5. The molecule has 28 heavy (non-hydrogen) atoms. The number of carbonyl (C=O) groups excluding carboxylic acids is 1. The minimum Gasteiger partial charge on any atom is -0.462 e. The Balaban J connectivity index is 1.65.